The van der Waals surface area contributed by atoms with Gasteiger partial charge in [-0.1, -0.05) is 32.6 Å². The van der Waals surface area contributed by atoms with E-state index in [1.54, 1.807) is 0 Å². The fourth-order valence-electron chi connectivity index (χ4n) is 2.07. The van der Waals surface area contributed by atoms with Crippen LogP contribution in [0.1, 0.15) is 65.7 Å². The van der Waals surface area contributed by atoms with Crippen molar-refractivity contribution >= 4 is 17.0 Å². The van der Waals surface area contributed by atoms with Crippen molar-refractivity contribution in [3.63, 3.8) is 0 Å². The third-order valence-corrected chi connectivity index (χ3v) is 3.22. The molecule has 4 N–H and O–H groups in total. The third kappa shape index (κ3) is 9.61. The second kappa shape index (κ2) is 10.5. The Morgan fingerprint density at radius 1 is 1.00 bits per heavy atom. The van der Waals surface area contributed by atoms with Gasteiger partial charge in [-0.3, -0.25) is 0 Å². The molecule has 0 aliphatic rings. The number of unbranched alkanes of at least 4 members (excludes halogenated alkanes) is 3. The second-order valence-corrected chi connectivity index (χ2v) is 5.30. The van der Waals surface area contributed by atoms with Crippen LogP contribution in [0.5, 0.6) is 0 Å². The highest BCUT2D eigenvalue weighted by Crippen LogP contribution is 2.25. The van der Waals surface area contributed by atoms with Crippen molar-refractivity contribution in [1.82, 2.24) is 0 Å². The molecule has 0 aliphatic carbocycles. The number of hydrogen-bond acceptors (Lipinski definition) is 2. The Bertz CT molecular complexity index is 143. The average Bonchev–Trinajstić information content (AvgIpc) is 2.15. The van der Waals surface area contributed by atoms with E-state index in [2.05, 4.69) is 20.8 Å². The zero-order chi connectivity index (χ0) is 11.7. The molecule has 0 radical (unpaired) electrons. The molecule has 1 unspecified atom stereocenters. The summed E-state index contributed by atoms with van der Waals surface area (Å²) in [5.74, 6) is 0.637. The van der Waals surface area contributed by atoms with Gasteiger partial charge in [0, 0.05) is 5.54 Å². The van der Waals surface area contributed by atoms with Crippen molar-refractivity contribution < 1.29 is 0 Å². The molecule has 0 heterocycles. The van der Waals surface area contributed by atoms with Crippen molar-refractivity contribution in [2.75, 3.05) is 6.54 Å². The van der Waals surface area contributed by atoms with E-state index in [0.717, 1.165) is 13.0 Å². The lowest BCUT2D eigenvalue weighted by Gasteiger charge is -2.30. The summed E-state index contributed by atoms with van der Waals surface area (Å²) in [6.07, 6.45) is 8.90. The van der Waals surface area contributed by atoms with E-state index in [0.29, 0.717) is 5.92 Å². The van der Waals surface area contributed by atoms with Crippen molar-refractivity contribution in [2.24, 2.45) is 17.4 Å². The van der Waals surface area contributed by atoms with E-state index >= 15 is 0 Å². The number of rotatable bonds is 9. The monoisotopic (exact) mass is 294 g/mol. The average molecular weight is 295 g/mol. The maximum atomic E-state index is 6.19. The normalized spacial score (nSPS) is 13.3. The molecule has 100 valence electrons. The maximum absolute atomic E-state index is 6.19. The molecule has 0 saturated carbocycles. The Morgan fingerprint density at radius 2 is 1.56 bits per heavy atom. The van der Waals surface area contributed by atoms with Crippen molar-refractivity contribution in [3.8, 4) is 0 Å². The van der Waals surface area contributed by atoms with Crippen LogP contribution < -0.4 is 11.5 Å². The molecule has 0 fully saturated rings. The lowest BCUT2D eigenvalue weighted by atomic mass is 9.81. The van der Waals surface area contributed by atoms with Crippen LogP contribution in [-0.4, -0.2) is 12.1 Å². The van der Waals surface area contributed by atoms with Crippen LogP contribution in [0.2, 0.25) is 0 Å². The molecule has 0 aliphatic heterocycles. The highest BCUT2D eigenvalue weighted by molar-refractivity contribution is 8.93. The Morgan fingerprint density at radius 3 is 2.00 bits per heavy atom. The zero-order valence-corrected chi connectivity index (χ0v) is 13.0. The van der Waals surface area contributed by atoms with Gasteiger partial charge in [-0.05, 0) is 45.6 Å². The molecule has 0 saturated heterocycles. The minimum Gasteiger partial charge on any atom is -0.330 e. The molecule has 0 bridgehead atoms. The summed E-state index contributed by atoms with van der Waals surface area (Å²) in [6, 6.07) is 0. The quantitative estimate of drug-likeness (QED) is 0.638. The lowest BCUT2D eigenvalue weighted by Crippen LogP contribution is -2.41. The Balaban J connectivity index is 0. The predicted molar refractivity (Wildman–Crippen MR) is 79.1 cm³/mol. The van der Waals surface area contributed by atoms with Gasteiger partial charge in [-0.2, -0.15) is 0 Å². The molecule has 0 aromatic carbocycles. The number of hydrogen-bond donors (Lipinski definition) is 2. The van der Waals surface area contributed by atoms with Gasteiger partial charge in [0.05, 0.1) is 0 Å². The van der Waals surface area contributed by atoms with Crippen LogP contribution >= 0.6 is 17.0 Å². The predicted octanol–water partition coefficient (Wildman–Crippen LogP) is 3.63. The molecule has 0 amide bonds. The molecule has 0 rings (SSSR count). The molecule has 1 atom stereocenters. The van der Waals surface area contributed by atoms with E-state index in [4.69, 9.17) is 11.5 Å². The fraction of sp³-hybridized carbons (Fsp3) is 1.00. The first-order chi connectivity index (χ1) is 7.02. The maximum Gasteiger partial charge on any atom is 0.0125 e. The molecule has 3 heteroatoms. The minimum absolute atomic E-state index is 0. The van der Waals surface area contributed by atoms with Gasteiger partial charge < -0.3 is 11.5 Å². The molecular weight excluding hydrogens is 264 g/mol. The van der Waals surface area contributed by atoms with Crippen LogP contribution in [0.3, 0.4) is 0 Å². The number of halogens is 1. The van der Waals surface area contributed by atoms with Crippen LogP contribution in [0, 0.1) is 5.92 Å². The van der Waals surface area contributed by atoms with Gasteiger partial charge in [0.15, 0.2) is 0 Å². The largest absolute Gasteiger partial charge is 0.330 e. The smallest absolute Gasteiger partial charge is 0.0125 e. The summed E-state index contributed by atoms with van der Waals surface area (Å²) in [5, 5.41) is 0. The fourth-order valence-corrected chi connectivity index (χ4v) is 2.07. The molecular formula is C13H31BrN2. The van der Waals surface area contributed by atoms with E-state index < -0.39 is 0 Å². The van der Waals surface area contributed by atoms with E-state index in [-0.39, 0.29) is 22.5 Å². The van der Waals surface area contributed by atoms with Gasteiger partial charge in [0.25, 0.3) is 0 Å². The Labute approximate surface area is 112 Å². The number of nitrogens with two attached hydrogens (primary N) is 2. The standard InChI is InChI=1S/C13H30N2.BrH/c1-4-5-6-7-9-12(10-8-11-14)13(2,3)15;/h12H,4-11,14-15H2,1-3H3;1H. The van der Waals surface area contributed by atoms with Crippen LogP contribution in [-0.2, 0) is 0 Å². The Hall–Kier alpha value is 0.400. The van der Waals surface area contributed by atoms with Crippen LogP contribution in [0.4, 0.5) is 0 Å². The molecule has 0 aromatic rings. The van der Waals surface area contributed by atoms with E-state index in [9.17, 15) is 0 Å². The summed E-state index contributed by atoms with van der Waals surface area (Å²) in [6.45, 7) is 7.34. The molecule has 16 heavy (non-hydrogen) atoms. The summed E-state index contributed by atoms with van der Waals surface area (Å²) < 4.78 is 0. The highest BCUT2D eigenvalue weighted by atomic mass is 79.9. The molecule has 2 nitrogen and oxygen atoms in total. The van der Waals surface area contributed by atoms with Crippen molar-refractivity contribution in [1.29, 1.82) is 0 Å². The van der Waals surface area contributed by atoms with E-state index in [1.165, 1.54) is 38.5 Å². The van der Waals surface area contributed by atoms with Crippen LogP contribution in [0.15, 0.2) is 0 Å². The van der Waals surface area contributed by atoms with Gasteiger partial charge in [-0.15, -0.1) is 17.0 Å². The summed E-state index contributed by atoms with van der Waals surface area (Å²) in [4.78, 5) is 0. The summed E-state index contributed by atoms with van der Waals surface area (Å²) in [5.41, 5.74) is 11.7. The molecule has 0 aromatic heterocycles. The van der Waals surface area contributed by atoms with Gasteiger partial charge in [0.1, 0.15) is 0 Å². The third-order valence-electron chi connectivity index (χ3n) is 3.22. The van der Waals surface area contributed by atoms with Gasteiger partial charge in [-0.25, -0.2) is 0 Å². The first kappa shape index (κ1) is 18.8. The lowest BCUT2D eigenvalue weighted by molar-refractivity contribution is 0.271. The van der Waals surface area contributed by atoms with E-state index in [1.807, 2.05) is 0 Å². The van der Waals surface area contributed by atoms with Gasteiger partial charge in [0.2, 0.25) is 0 Å². The summed E-state index contributed by atoms with van der Waals surface area (Å²) >= 11 is 0. The SMILES string of the molecule is Br.CCCCCCC(CCCN)C(C)(C)N. The topological polar surface area (TPSA) is 52.0 Å². The second-order valence-electron chi connectivity index (χ2n) is 5.30. The van der Waals surface area contributed by atoms with Crippen LogP contribution in [0.25, 0.3) is 0 Å². The Kier molecular flexibility index (Phi) is 12.4. The minimum atomic E-state index is -0.0403. The van der Waals surface area contributed by atoms with Crippen molar-refractivity contribution in [3.05, 3.63) is 0 Å². The van der Waals surface area contributed by atoms with Crippen molar-refractivity contribution in [2.45, 2.75) is 71.3 Å². The highest BCUT2D eigenvalue weighted by Gasteiger charge is 2.23. The zero-order valence-electron chi connectivity index (χ0n) is 11.3. The first-order valence-electron chi connectivity index (χ1n) is 6.51. The molecule has 0 spiro atoms. The first-order valence-corrected chi connectivity index (χ1v) is 6.51. The van der Waals surface area contributed by atoms with Gasteiger partial charge >= 0.3 is 0 Å². The summed E-state index contributed by atoms with van der Waals surface area (Å²) in [7, 11) is 0.